The summed E-state index contributed by atoms with van der Waals surface area (Å²) in [5, 5.41) is 6.13. The Morgan fingerprint density at radius 1 is 0.900 bits per heavy atom. The van der Waals surface area contributed by atoms with Crippen LogP contribution in [-0.2, 0) is 4.79 Å². The number of nitrogens with one attached hydrogen (secondary N) is 2. The largest absolute Gasteiger partial charge is 0.356 e. The highest BCUT2D eigenvalue weighted by Crippen LogP contribution is 2.18. The molecule has 0 aliphatic carbocycles. The minimum Gasteiger partial charge on any atom is -0.356 e. The van der Waals surface area contributed by atoms with Gasteiger partial charge in [-0.1, -0.05) is 18.2 Å². The fraction of sp³-hybridized carbons (Fsp3) is 0.188. The standard InChI is InChI=1S/C16H17ClN2O/c17-12-4-7-16(20)19-15-10-8-14(9-11-15)18-13-5-2-1-3-6-13/h1-3,5-6,8-11,18H,4,7,12H2,(H,19,20). The van der Waals surface area contributed by atoms with Gasteiger partial charge in [0, 0.05) is 29.4 Å². The van der Waals surface area contributed by atoms with Gasteiger partial charge >= 0.3 is 0 Å². The lowest BCUT2D eigenvalue weighted by atomic mass is 10.2. The number of para-hydroxylation sites is 1. The number of alkyl halides is 1. The zero-order chi connectivity index (χ0) is 14.2. The fourth-order valence-electron chi connectivity index (χ4n) is 1.78. The molecule has 0 unspecified atom stereocenters. The van der Waals surface area contributed by atoms with Crippen molar-refractivity contribution in [3.63, 3.8) is 0 Å². The Bertz CT molecular complexity index is 540. The van der Waals surface area contributed by atoms with Crippen LogP contribution in [0.15, 0.2) is 54.6 Å². The molecular weight excluding hydrogens is 272 g/mol. The van der Waals surface area contributed by atoms with Crippen molar-refractivity contribution in [2.75, 3.05) is 16.5 Å². The third-order valence-corrected chi connectivity index (χ3v) is 3.04. The predicted molar refractivity (Wildman–Crippen MR) is 84.8 cm³/mol. The molecule has 0 aromatic heterocycles. The molecule has 0 radical (unpaired) electrons. The van der Waals surface area contributed by atoms with Crippen molar-refractivity contribution in [3.05, 3.63) is 54.6 Å². The molecule has 0 spiro atoms. The number of benzene rings is 2. The van der Waals surface area contributed by atoms with Crippen LogP contribution in [0.1, 0.15) is 12.8 Å². The average molecular weight is 289 g/mol. The van der Waals surface area contributed by atoms with E-state index in [2.05, 4.69) is 10.6 Å². The van der Waals surface area contributed by atoms with Gasteiger partial charge in [-0.05, 0) is 42.8 Å². The van der Waals surface area contributed by atoms with Crippen LogP contribution in [0, 0.1) is 0 Å². The van der Waals surface area contributed by atoms with E-state index in [1.807, 2.05) is 54.6 Å². The lowest BCUT2D eigenvalue weighted by Gasteiger charge is -2.08. The van der Waals surface area contributed by atoms with E-state index in [-0.39, 0.29) is 5.91 Å². The number of hydrogen-bond donors (Lipinski definition) is 2. The first-order valence-electron chi connectivity index (χ1n) is 6.56. The molecule has 20 heavy (non-hydrogen) atoms. The zero-order valence-corrected chi connectivity index (χ0v) is 11.9. The van der Waals surface area contributed by atoms with Gasteiger partial charge in [0.1, 0.15) is 0 Å². The number of hydrogen-bond acceptors (Lipinski definition) is 2. The molecule has 2 aromatic carbocycles. The van der Waals surface area contributed by atoms with Gasteiger partial charge in [-0.15, -0.1) is 11.6 Å². The second-order valence-corrected chi connectivity index (χ2v) is 4.79. The first-order valence-corrected chi connectivity index (χ1v) is 7.09. The molecule has 2 rings (SSSR count). The Morgan fingerprint density at radius 2 is 1.50 bits per heavy atom. The van der Waals surface area contributed by atoms with Crippen LogP contribution >= 0.6 is 11.6 Å². The maximum absolute atomic E-state index is 11.6. The predicted octanol–water partition coefficient (Wildman–Crippen LogP) is 4.39. The molecule has 2 aromatic rings. The molecule has 3 nitrogen and oxygen atoms in total. The summed E-state index contributed by atoms with van der Waals surface area (Å²) in [6.45, 7) is 0. The van der Waals surface area contributed by atoms with E-state index in [1.165, 1.54) is 0 Å². The van der Waals surface area contributed by atoms with Crippen LogP contribution in [0.3, 0.4) is 0 Å². The Balaban J connectivity index is 1.91. The first-order chi connectivity index (χ1) is 9.78. The molecule has 1 amide bonds. The monoisotopic (exact) mass is 288 g/mol. The molecule has 0 saturated carbocycles. The van der Waals surface area contributed by atoms with Crippen LogP contribution in [0.25, 0.3) is 0 Å². The SMILES string of the molecule is O=C(CCCCl)Nc1ccc(Nc2ccccc2)cc1. The van der Waals surface area contributed by atoms with Gasteiger partial charge in [-0.25, -0.2) is 0 Å². The van der Waals surface area contributed by atoms with E-state index < -0.39 is 0 Å². The van der Waals surface area contributed by atoms with Crippen LogP contribution in [0.5, 0.6) is 0 Å². The highest BCUT2D eigenvalue weighted by Gasteiger charge is 2.01. The minimum atomic E-state index is -0.00517. The lowest BCUT2D eigenvalue weighted by Crippen LogP contribution is -2.11. The summed E-state index contributed by atoms with van der Waals surface area (Å²) in [4.78, 5) is 11.6. The van der Waals surface area contributed by atoms with Crippen LogP contribution < -0.4 is 10.6 Å². The zero-order valence-electron chi connectivity index (χ0n) is 11.1. The summed E-state index contributed by atoms with van der Waals surface area (Å²) in [5.41, 5.74) is 2.81. The third-order valence-electron chi connectivity index (χ3n) is 2.77. The Labute approximate surface area is 124 Å². The van der Waals surface area contributed by atoms with Crippen molar-refractivity contribution in [2.45, 2.75) is 12.8 Å². The Kier molecular flexibility index (Phi) is 5.44. The van der Waals surface area contributed by atoms with E-state index >= 15 is 0 Å². The first kappa shape index (κ1) is 14.4. The van der Waals surface area contributed by atoms with Gasteiger partial charge < -0.3 is 10.6 Å². The normalized spacial score (nSPS) is 10.1. The van der Waals surface area contributed by atoms with Crippen molar-refractivity contribution in [3.8, 4) is 0 Å². The van der Waals surface area contributed by atoms with Gasteiger partial charge in [0.25, 0.3) is 0 Å². The average Bonchev–Trinajstić information content (AvgIpc) is 2.48. The Morgan fingerprint density at radius 3 is 2.15 bits per heavy atom. The summed E-state index contributed by atoms with van der Waals surface area (Å²) >= 11 is 5.56. The fourth-order valence-corrected chi connectivity index (χ4v) is 1.91. The van der Waals surface area contributed by atoms with Gasteiger partial charge in [0.15, 0.2) is 0 Å². The van der Waals surface area contributed by atoms with Crippen molar-refractivity contribution < 1.29 is 4.79 Å². The van der Waals surface area contributed by atoms with E-state index in [0.717, 1.165) is 17.1 Å². The van der Waals surface area contributed by atoms with Crippen LogP contribution in [0.4, 0.5) is 17.1 Å². The summed E-state index contributed by atoms with van der Waals surface area (Å²) in [6, 6.07) is 17.6. The molecule has 2 N–H and O–H groups in total. The number of carbonyl (C=O) groups excluding carboxylic acids is 1. The molecule has 0 bridgehead atoms. The van der Waals surface area contributed by atoms with E-state index in [9.17, 15) is 4.79 Å². The van der Waals surface area contributed by atoms with Crippen molar-refractivity contribution in [1.82, 2.24) is 0 Å². The minimum absolute atomic E-state index is 0.00517. The summed E-state index contributed by atoms with van der Waals surface area (Å²) in [7, 11) is 0. The highest BCUT2D eigenvalue weighted by atomic mass is 35.5. The lowest BCUT2D eigenvalue weighted by molar-refractivity contribution is -0.116. The maximum Gasteiger partial charge on any atom is 0.224 e. The van der Waals surface area contributed by atoms with Crippen molar-refractivity contribution in [2.24, 2.45) is 0 Å². The highest BCUT2D eigenvalue weighted by molar-refractivity contribution is 6.18. The summed E-state index contributed by atoms with van der Waals surface area (Å²) in [6.07, 6.45) is 1.15. The van der Waals surface area contributed by atoms with E-state index in [4.69, 9.17) is 11.6 Å². The quantitative estimate of drug-likeness (QED) is 0.774. The van der Waals surface area contributed by atoms with Gasteiger partial charge in [0.05, 0.1) is 0 Å². The molecule has 0 aliphatic heterocycles. The van der Waals surface area contributed by atoms with E-state index in [1.54, 1.807) is 0 Å². The van der Waals surface area contributed by atoms with Crippen LogP contribution in [0.2, 0.25) is 0 Å². The number of halogens is 1. The molecule has 4 heteroatoms. The van der Waals surface area contributed by atoms with Gasteiger partial charge in [0.2, 0.25) is 5.91 Å². The van der Waals surface area contributed by atoms with Crippen LogP contribution in [-0.4, -0.2) is 11.8 Å². The third kappa shape index (κ3) is 4.59. The Hall–Kier alpha value is -2.00. The molecule has 0 saturated heterocycles. The number of rotatable bonds is 6. The molecule has 0 atom stereocenters. The van der Waals surface area contributed by atoms with Crippen molar-refractivity contribution >= 4 is 34.6 Å². The second kappa shape index (κ2) is 7.56. The number of amides is 1. The summed E-state index contributed by atoms with van der Waals surface area (Å²) < 4.78 is 0. The van der Waals surface area contributed by atoms with Gasteiger partial charge in [-0.3, -0.25) is 4.79 Å². The summed E-state index contributed by atoms with van der Waals surface area (Å²) in [5.74, 6) is 0.502. The molecule has 104 valence electrons. The molecule has 0 aliphatic rings. The number of anilines is 3. The smallest absolute Gasteiger partial charge is 0.224 e. The maximum atomic E-state index is 11.6. The van der Waals surface area contributed by atoms with E-state index in [0.29, 0.717) is 18.7 Å². The number of carbonyl (C=O) groups is 1. The molecule has 0 fully saturated rings. The van der Waals surface area contributed by atoms with Crippen molar-refractivity contribution in [1.29, 1.82) is 0 Å². The topological polar surface area (TPSA) is 41.1 Å². The molecular formula is C16H17ClN2O. The second-order valence-electron chi connectivity index (χ2n) is 4.41. The molecule has 0 heterocycles. The van der Waals surface area contributed by atoms with Gasteiger partial charge in [-0.2, -0.15) is 0 Å².